The first-order chi connectivity index (χ1) is 8.16. The Morgan fingerprint density at radius 1 is 1.53 bits per heavy atom. The van der Waals surface area contributed by atoms with Gasteiger partial charge in [-0.25, -0.2) is 9.97 Å². The summed E-state index contributed by atoms with van der Waals surface area (Å²) in [5.74, 6) is 0.729. The Balaban J connectivity index is 2.03. The molecule has 1 N–H and O–H groups in total. The summed E-state index contributed by atoms with van der Waals surface area (Å²) in [6, 6.07) is 2.41. The van der Waals surface area contributed by atoms with Gasteiger partial charge in [0.15, 0.2) is 0 Å². The molecule has 0 radical (unpaired) electrons. The number of thiophene rings is 1. The Morgan fingerprint density at radius 2 is 2.35 bits per heavy atom. The standard InChI is InChI=1S/C11H11BrClN3S/c1-7(4-8-2-3-17-5-8)16-11-9(12)10(13)14-6-15-11/h2-3,5-7H,4H2,1H3,(H,14,15,16). The molecular weight excluding hydrogens is 322 g/mol. The first kappa shape index (κ1) is 12.8. The lowest BCUT2D eigenvalue weighted by atomic mass is 10.1. The van der Waals surface area contributed by atoms with Crippen LogP contribution in [0.3, 0.4) is 0 Å². The molecule has 2 aromatic rings. The minimum Gasteiger partial charge on any atom is -0.366 e. The highest BCUT2D eigenvalue weighted by Gasteiger charge is 2.10. The van der Waals surface area contributed by atoms with Gasteiger partial charge in [-0.3, -0.25) is 0 Å². The monoisotopic (exact) mass is 331 g/mol. The van der Waals surface area contributed by atoms with Crippen molar-refractivity contribution in [3.63, 3.8) is 0 Å². The van der Waals surface area contributed by atoms with E-state index >= 15 is 0 Å². The molecule has 0 saturated carbocycles. The maximum atomic E-state index is 5.90. The predicted octanol–water partition coefficient (Wildman–Crippen LogP) is 4.00. The van der Waals surface area contributed by atoms with E-state index in [1.807, 2.05) is 0 Å². The first-order valence-electron chi connectivity index (χ1n) is 5.10. The molecule has 0 aromatic carbocycles. The Hall–Kier alpha value is -0.650. The Morgan fingerprint density at radius 3 is 3.06 bits per heavy atom. The minimum absolute atomic E-state index is 0.284. The van der Waals surface area contributed by atoms with Crippen molar-refractivity contribution in [1.29, 1.82) is 0 Å². The van der Waals surface area contributed by atoms with Crippen molar-refractivity contribution in [3.8, 4) is 0 Å². The van der Waals surface area contributed by atoms with Crippen molar-refractivity contribution in [2.75, 3.05) is 5.32 Å². The van der Waals surface area contributed by atoms with Gasteiger partial charge in [-0.05, 0) is 51.7 Å². The quantitative estimate of drug-likeness (QED) is 0.860. The number of nitrogens with one attached hydrogen (secondary N) is 1. The van der Waals surface area contributed by atoms with Crippen molar-refractivity contribution in [1.82, 2.24) is 9.97 Å². The number of rotatable bonds is 4. The smallest absolute Gasteiger partial charge is 0.148 e. The fourth-order valence-electron chi connectivity index (χ4n) is 1.50. The van der Waals surface area contributed by atoms with Crippen LogP contribution in [0.5, 0.6) is 0 Å². The van der Waals surface area contributed by atoms with Crippen molar-refractivity contribution in [2.24, 2.45) is 0 Å². The van der Waals surface area contributed by atoms with Gasteiger partial charge in [-0.15, -0.1) is 0 Å². The maximum Gasteiger partial charge on any atom is 0.148 e. The molecule has 0 bridgehead atoms. The fraction of sp³-hybridized carbons (Fsp3) is 0.273. The normalized spacial score (nSPS) is 12.4. The molecule has 0 aliphatic carbocycles. The molecule has 2 rings (SSSR count). The minimum atomic E-state index is 0.284. The van der Waals surface area contributed by atoms with Crippen LogP contribution >= 0.6 is 38.9 Å². The zero-order valence-corrected chi connectivity index (χ0v) is 12.3. The number of nitrogens with zero attached hydrogens (tertiary/aromatic N) is 2. The van der Waals surface area contributed by atoms with Crippen LogP contribution in [0, 0.1) is 0 Å². The molecule has 0 aliphatic rings. The van der Waals surface area contributed by atoms with E-state index in [1.54, 1.807) is 11.3 Å². The van der Waals surface area contributed by atoms with Crippen LogP contribution in [0.1, 0.15) is 12.5 Å². The average Bonchev–Trinajstić information content (AvgIpc) is 2.77. The number of hydrogen-bond donors (Lipinski definition) is 1. The van der Waals surface area contributed by atoms with Crippen molar-refractivity contribution in [3.05, 3.63) is 38.3 Å². The molecule has 0 spiro atoms. The zero-order chi connectivity index (χ0) is 12.3. The number of hydrogen-bond acceptors (Lipinski definition) is 4. The van der Waals surface area contributed by atoms with Crippen molar-refractivity contribution < 1.29 is 0 Å². The summed E-state index contributed by atoms with van der Waals surface area (Å²) < 4.78 is 0.707. The molecule has 1 unspecified atom stereocenters. The van der Waals surface area contributed by atoms with Crippen LogP contribution < -0.4 is 5.32 Å². The summed E-state index contributed by atoms with van der Waals surface area (Å²) in [5.41, 5.74) is 1.33. The lowest BCUT2D eigenvalue weighted by molar-refractivity contribution is 0.784. The van der Waals surface area contributed by atoms with Crippen LogP contribution in [-0.2, 0) is 6.42 Å². The van der Waals surface area contributed by atoms with Gasteiger partial charge in [0.05, 0.1) is 4.47 Å². The van der Waals surface area contributed by atoms with Crippen molar-refractivity contribution >= 4 is 44.7 Å². The third-order valence-electron chi connectivity index (χ3n) is 2.25. The summed E-state index contributed by atoms with van der Waals surface area (Å²) in [4.78, 5) is 8.05. The van der Waals surface area contributed by atoms with Gasteiger partial charge in [-0.1, -0.05) is 11.6 Å². The Labute approximate surface area is 117 Å². The second-order valence-electron chi connectivity index (χ2n) is 3.71. The predicted molar refractivity (Wildman–Crippen MR) is 75.8 cm³/mol. The third-order valence-corrected chi connectivity index (χ3v) is 4.25. The topological polar surface area (TPSA) is 37.8 Å². The number of halogens is 2. The van der Waals surface area contributed by atoms with Crippen molar-refractivity contribution in [2.45, 2.75) is 19.4 Å². The van der Waals surface area contributed by atoms with Gasteiger partial charge in [0, 0.05) is 6.04 Å². The van der Waals surface area contributed by atoms with Crippen LogP contribution in [0.2, 0.25) is 5.15 Å². The largest absolute Gasteiger partial charge is 0.366 e. The molecule has 1 atom stereocenters. The van der Waals surface area contributed by atoms with Gasteiger partial charge < -0.3 is 5.32 Å². The van der Waals surface area contributed by atoms with Gasteiger partial charge in [0.1, 0.15) is 17.3 Å². The molecule has 2 heterocycles. The number of anilines is 1. The van der Waals surface area contributed by atoms with E-state index in [9.17, 15) is 0 Å². The fourth-order valence-corrected chi connectivity index (χ4v) is 2.63. The lowest BCUT2D eigenvalue weighted by Gasteiger charge is -2.14. The van der Waals surface area contributed by atoms with Crippen LogP contribution in [-0.4, -0.2) is 16.0 Å². The molecule has 0 aliphatic heterocycles. The van der Waals surface area contributed by atoms with E-state index in [0.29, 0.717) is 9.63 Å². The molecule has 17 heavy (non-hydrogen) atoms. The second kappa shape index (κ2) is 5.80. The Kier molecular flexibility index (Phi) is 4.36. The third kappa shape index (κ3) is 3.40. The second-order valence-corrected chi connectivity index (χ2v) is 5.64. The highest BCUT2D eigenvalue weighted by Crippen LogP contribution is 2.26. The van der Waals surface area contributed by atoms with Crippen LogP contribution in [0.15, 0.2) is 27.6 Å². The molecule has 0 fully saturated rings. The van der Waals surface area contributed by atoms with E-state index in [-0.39, 0.29) is 6.04 Å². The number of aromatic nitrogens is 2. The average molecular weight is 333 g/mol. The summed E-state index contributed by atoms with van der Waals surface area (Å²) in [6.07, 6.45) is 2.41. The molecule has 0 saturated heterocycles. The van der Waals surface area contributed by atoms with Gasteiger partial charge >= 0.3 is 0 Å². The molecule has 6 heteroatoms. The highest BCUT2D eigenvalue weighted by atomic mass is 79.9. The van der Waals surface area contributed by atoms with Gasteiger partial charge in [0.2, 0.25) is 0 Å². The van der Waals surface area contributed by atoms with Crippen LogP contribution in [0.25, 0.3) is 0 Å². The first-order valence-corrected chi connectivity index (χ1v) is 7.22. The Bertz CT molecular complexity index is 489. The van der Waals surface area contributed by atoms with Gasteiger partial charge in [-0.2, -0.15) is 11.3 Å². The van der Waals surface area contributed by atoms with Gasteiger partial charge in [0.25, 0.3) is 0 Å². The van der Waals surface area contributed by atoms with E-state index in [0.717, 1.165) is 12.2 Å². The maximum absolute atomic E-state index is 5.90. The summed E-state index contributed by atoms with van der Waals surface area (Å²) >= 11 is 11.0. The molecule has 0 amide bonds. The molecule has 2 aromatic heterocycles. The molecular formula is C11H11BrClN3S. The highest BCUT2D eigenvalue weighted by molar-refractivity contribution is 9.10. The SMILES string of the molecule is CC(Cc1ccsc1)Nc1ncnc(Cl)c1Br. The molecule has 90 valence electrons. The summed E-state index contributed by atoms with van der Waals surface area (Å²) in [7, 11) is 0. The van der Waals surface area contributed by atoms with E-state index < -0.39 is 0 Å². The van der Waals surface area contributed by atoms with E-state index in [2.05, 4.69) is 55.0 Å². The zero-order valence-electron chi connectivity index (χ0n) is 9.15. The molecule has 3 nitrogen and oxygen atoms in total. The summed E-state index contributed by atoms with van der Waals surface area (Å²) in [5, 5.41) is 7.97. The van der Waals surface area contributed by atoms with E-state index in [4.69, 9.17) is 11.6 Å². The van der Waals surface area contributed by atoms with E-state index in [1.165, 1.54) is 11.9 Å². The van der Waals surface area contributed by atoms with Crippen LogP contribution in [0.4, 0.5) is 5.82 Å². The lowest BCUT2D eigenvalue weighted by Crippen LogP contribution is -2.19. The summed E-state index contributed by atoms with van der Waals surface area (Å²) in [6.45, 7) is 2.11.